The molecule has 0 saturated heterocycles. The molecule has 100 valence electrons. The SMILES string of the molecule is COC(=O)C(C)n1c(C)nc2cccc(C(=O)O)c21. The number of fused-ring (bicyclic) bond motifs is 1. The summed E-state index contributed by atoms with van der Waals surface area (Å²) in [5.41, 5.74) is 1.10. The Labute approximate surface area is 109 Å². The van der Waals surface area contributed by atoms with Gasteiger partial charge in [-0.25, -0.2) is 14.6 Å². The number of aromatic carboxylic acids is 1. The Morgan fingerprint density at radius 3 is 2.68 bits per heavy atom. The molecule has 0 aliphatic heterocycles. The minimum absolute atomic E-state index is 0.119. The standard InChI is InChI=1S/C13H14N2O4/c1-7(13(18)19-3)15-8(2)14-10-6-4-5-9(11(10)15)12(16)17/h4-7H,1-3H3,(H,16,17). The Balaban J connectivity index is 2.76. The molecule has 2 rings (SSSR count). The highest BCUT2D eigenvalue weighted by Gasteiger charge is 2.23. The van der Waals surface area contributed by atoms with Crippen molar-refractivity contribution in [3.63, 3.8) is 0 Å². The fourth-order valence-electron chi connectivity index (χ4n) is 2.19. The van der Waals surface area contributed by atoms with E-state index in [1.165, 1.54) is 13.2 Å². The Bertz CT molecular complexity index is 660. The molecule has 1 atom stereocenters. The molecular weight excluding hydrogens is 248 g/mol. The van der Waals surface area contributed by atoms with E-state index in [1.54, 1.807) is 30.5 Å². The Morgan fingerprint density at radius 1 is 1.42 bits per heavy atom. The molecular formula is C13H14N2O4. The number of carboxylic acids is 1. The zero-order valence-electron chi connectivity index (χ0n) is 10.9. The molecule has 1 aromatic carbocycles. The predicted molar refractivity (Wildman–Crippen MR) is 68.2 cm³/mol. The first-order valence-corrected chi connectivity index (χ1v) is 5.76. The quantitative estimate of drug-likeness (QED) is 0.852. The van der Waals surface area contributed by atoms with Gasteiger partial charge < -0.3 is 14.4 Å². The number of aryl methyl sites for hydroxylation is 1. The smallest absolute Gasteiger partial charge is 0.337 e. The van der Waals surface area contributed by atoms with Gasteiger partial charge >= 0.3 is 11.9 Å². The minimum atomic E-state index is -1.05. The summed E-state index contributed by atoms with van der Waals surface area (Å²) in [6.45, 7) is 3.38. The van der Waals surface area contributed by atoms with Crippen molar-refractivity contribution in [1.82, 2.24) is 9.55 Å². The first kappa shape index (κ1) is 13.1. The van der Waals surface area contributed by atoms with Crippen LogP contribution in [0.25, 0.3) is 11.0 Å². The molecule has 6 nitrogen and oxygen atoms in total. The summed E-state index contributed by atoms with van der Waals surface area (Å²) in [6.07, 6.45) is 0. The molecule has 19 heavy (non-hydrogen) atoms. The Hall–Kier alpha value is -2.37. The van der Waals surface area contributed by atoms with E-state index < -0.39 is 18.0 Å². The van der Waals surface area contributed by atoms with Gasteiger partial charge in [-0.05, 0) is 26.0 Å². The largest absolute Gasteiger partial charge is 0.478 e. The van der Waals surface area contributed by atoms with Crippen molar-refractivity contribution in [1.29, 1.82) is 0 Å². The molecule has 0 bridgehead atoms. The summed E-state index contributed by atoms with van der Waals surface area (Å²) < 4.78 is 6.29. The summed E-state index contributed by atoms with van der Waals surface area (Å²) in [6, 6.07) is 4.21. The van der Waals surface area contributed by atoms with Crippen molar-refractivity contribution >= 4 is 23.0 Å². The van der Waals surface area contributed by atoms with Crippen LogP contribution in [0.15, 0.2) is 18.2 Å². The lowest BCUT2D eigenvalue weighted by Crippen LogP contribution is -2.19. The number of hydrogen-bond donors (Lipinski definition) is 1. The maximum atomic E-state index is 11.7. The van der Waals surface area contributed by atoms with E-state index in [4.69, 9.17) is 4.74 Å². The number of para-hydroxylation sites is 1. The van der Waals surface area contributed by atoms with Gasteiger partial charge in [-0.2, -0.15) is 0 Å². The second kappa shape index (κ2) is 4.72. The molecule has 0 spiro atoms. The monoisotopic (exact) mass is 262 g/mol. The highest BCUT2D eigenvalue weighted by molar-refractivity contribution is 6.01. The van der Waals surface area contributed by atoms with Crippen molar-refractivity contribution in [2.45, 2.75) is 19.9 Å². The van der Waals surface area contributed by atoms with Gasteiger partial charge in [0.25, 0.3) is 0 Å². The number of methoxy groups -OCH3 is 1. The Kier molecular flexibility index (Phi) is 3.25. The number of ether oxygens (including phenoxy) is 1. The zero-order valence-corrected chi connectivity index (χ0v) is 10.9. The van der Waals surface area contributed by atoms with Crippen LogP contribution in [0.5, 0.6) is 0 Å². The molecule has 0 radical (unpaired) electrons. The maximum absolute atomic E-state index is 11.7. The lowest BCUT2D eigenvalue weighted by Gasteiger charge is -2.14. The van der Waals surface area contributed by atoms with Crippen LogP contribution >= 0.6 is 0 Å². The van der Waals surface area contributed by atoms with E-state index in [1.807, 2.05) is 0 Å². The van der Waals surface area contributed by atoms with Gasteiger partial charge in [0.15, 0.2) is 0 Å². The first-order chi connectivity index (χ1) is 8.97. The second-order valence-electron chi connectivity index (χ2n) is 4.21. The summed E-state index contributed by atoms with van der Waals surface area (Å²) in [7, 11) is 1.30. The summed E-state index contributed by atoms with van der Waals surface area (Å²) in [4.78, 5) is 27.2. The van der Waals surface area contributed by atoms with Gasteiger partial charge in [-0.1, -0.05) is 6.07 Å². The first-order valence-electron chi connectivity index (χ1n) is 5.76. The average molecular weight is 262 g/mol. The highest BCUT2D eigenvalue weighted by Crippen LogP contribution is 2.25. The fraction of sp³-hybridized carbons (Fsp3) is 0.308. The minimum Gasteiger partial charge on any atom is -0.478 e. The number of benzene rings is 1. The normalized spacial score (nSPS) is 12.4. The van der Waals surface area contributed by atoms with Gasteiger partial charge in [-0.3, -0.25) is 0 Å². The van der Waals surface area contributed by atoms with Gasteiger partial charge in [0.05, 0.1) is 23.7 Å². The number of carboxylic acid groups (broad SMARTS) is 1. The van der Waals surface area contributed by atoms with E-state index in [0.29, 0.717) is 16.9 Å². The third-order valence-electron chi connectivity index (χ3n) is 3.05. The van der Waals surface area contributed by atoms with E-state index >= 15 is 0 Å². The van der Waals surface area contributed by atoms with Crippen molar-refractivity contribution in [3.05, 3.63) is 29.6 Å². The summed E-state index contributed by atoms with van der Waals surface area (Å²) in [5, 5.41) is 9.24. The maximum Gasteiger partial charge on any atom is 0.337 e. The van der Waals surface area contributed by atoms with Crippen LogP contribution in [-0.2, 0) is 9.53 Å². The van der Waals surface area contributed by atoms with Gasteiger partial charge in [0, 0.05) is 0 Å². The second-order valence-corrected chi connectivity index (χ2v) is 4.21. The third kappa shape index (κ3) is 2.05. The van der Waals surface area contributed by atoms with E-state index in [9.17, 15) is 14.7 Å². The van der Waals surface area contributed by atoms with Crippen LogP contribution in [0, 0.1) is 6.92 Å². The van der Waals surface area contributed by atoms with Crippen LogP contribution < -0.4 is 0 Å². The van der Waals surface area contributed by atoms with Crippen molar-refractivity contribution in [2.24, 2.45) is 0 Å². The molecule has 2 aromatic rings. The number of aromatic nitrogens is 2. The molecule has 1 N–H and O–H groups in total. The van der Waals surface area contributed by atoms with Crippen LogP contribution in [0.3, 0.4) is 0 Å². The van der Waals surface area contributed by atoms with Gasteiger partial charge in [-0.15, -0.1) is 0 Å². The molecule has 0 aliphatic rings. The van der Waals surface area contributed by atoms with Crippen LogP contribution in [0.2, 0.25) is 0 Å². The number of imidazole rings is 1. The summed E-state index contributed by atoms with van der Waals surface area (Å²) >= 11 is 0. The number of nitrogens with zero attached hydrogens (tertiary/aromatic N) is 2. The van der Waals surface area contributed by atoms with Gasteiger partial charge in [0.2, 0.25) is 0 Å². The van der Waals surface area contributed by atoms with Gasteiger partial charge in [0.1, 0.15) is 11.9 Å². The molecule has 0 saturated carbocycles. The lowest BCUT2D eigenvalue weighted by molar-refractivity contribution is -0.143. The molecule has 0 amide bonds. The number of rotatable bonds is 3. The molecule has 0 fully saturated rings. The van der Waals surface area contributed by atoms with Crippen molar-refractivity contribution < 1.29 is 19.4 Å². The summed E-state index contributed by atoms with van der Waals surface area (Å²) in [5.74, 6) is -0.923. The topological polar surface area (TPSA) is 81.4 Å². The third-order valence-corrected chi connectivity index (χ3v) is 3.05. The average Bonchev–Trinajstić information content (AvgIpc) is 2.72. The van der Waals surface area contributed by atoms with Crippen LogP contribution in [0.1, 0.15) is 29.1 Å². The van der Waals surface area contributed by atoms with E-state index in [-0.39, 0.29) is 5.56 Å². The number of carbonyl (C=O) groups is 2. The number of esters is 1. The highest BCUT2D eigenvalue weighted by atomic mass is 16.5. The van der Waals surface area contributed by atoms with E-state index in [2.05, 4.69) is 4.98 Å². The molecule has 1 aromatic heterocycles. The predicted octanol–water partition coefficient (Wildman–Crippen LogP) is 1.78. The lowest BCUT2D eigenvalue weighted by atomic mass is 10.1. The number of carbonyl (C=O) groups excluding carboxylic acids is 1. The van der Waals surface area contributed by atoms with Crippen molar-refractivity contribution in [3.8, 4) is 0 Å². The van der Waals surface area contributed by atoms with Crippen molar-refractivity contribution in [2.75, 3.05) is 7.11 Å². The molecule has 6 heteroatoms. The van der Waals surface area contributed by atoms with E-state index in [0.717, 1.165) is 0 Å². The Morgan fingerprint density at radius 2 is 2.11 bits per heavy atom. The zero-order chi connectivity index (χ0) is 14.2. The fourth-order valence-corrected chi connectivity index (χ4v) is 2.19. The number of hydrogen-bond acceptors (Lipinski definition) is 4. The molecule has 0 aliphatic carbocycles. The molecule has 1 heterocycles. The van der Waals surface area contributed by atoms with Crippen LogP contribution in [-0.4, -0.2) is 33.7 Å². The van der Waals surface area contributed by atoms with Crippen LogP contribution in [0.4, 0.5) is 0 Å². The molecule has 1 unspecified atom stereocenters.